The number of anilines is 2. The molecule has 37 heavy (non-hydrogen) atoms. The van der Waals surface area contributed by atoms with Crippen LogP contribution in [0.15, 0.2) is 48.5 Å². The van der Waals surface area contributed by atoms with E-state index in [1.54, 1.807) is 26.8 Å². The largest absolute Gasteiger partial charge is 0.481 e. The molecule has 0 spiro atoms. The number of aliphatic carboxylic acids is 1. The molecular formula is C26H31N5O6. The summed E-state index contributed by atoms with van der Waals surface area (Å²) < 4.78 is 0. The summed E-state index contributed by atoms with van der Waals surface area (Å²) in [5.41, 5.74) is 1.62. The maximum Gasteiger partial charge on any atom is 0.319 e. The van der Waals surface area contributed by atoms with Gasteiger partial charge < -0.3 is 31.3 Å². The van der Waals surface area contributed by atoms with Crippen LogP contribution in [0, 0.1) is 5.92 Å². The average molecular weight is 510 g/mol. The predicted molar refractivity (Wildman–Crippen MR) is 137 cm³/mol. The molecule has 0 saturated carbocycles. The maximum absolute atomic E-state index is 13.6. The Balaban J connectivity index is 1.79. The lowest BCUT2D eigenvalue weighted by molar-refractivity contribution is -0.137. The van der Waals surface area contributed by atoms with Crippen LogP contribution in [0.1, 0.15) is 43.1 Å². The van der Waals surface area contributed by atoms with E-state index in [1.165, 1.54) is 17.0 Å². The number of hydrogen-bond donors (Lipinski definition) is 5. The smallest absolute Gasteiger partial charge is 0.319 e. The Labute approximate surface area is 214 Å². The molecule has 5 amide bonds. The Hall–Kier alpha value is -4.41. The summed E-state index contributed by atoms with van der Waals surface area (Å²) in [5, 5.41) is 19.6. The van der Waals surface area contributed by atoms with Crippen molar-refractivity contribution >= 4 is 41.1 Å². The molecule has 0 fully saturated rings. The number of carbonyl (C=O) groups excluding carboxylic acids is 4. The lowest BCUT2D eigenvalue weighted by Gasteiger charge is -2.31. The molecule has 0 radical (unpaired) electrons. The molecule has 11 heteroatoms. The molecule has 11 nitrogen and oxygen atoms in total. The van der Waals surface area contributed by atoms with Gasteiger partial charge in [0.25, 0.3) is 5.91 Å². The molecule has 1 aliphatic heterocycles. The van der Waals surface area contributed by atoms with Crippen molar-refractivity contribution < 1.29 is 29.1 Å². The van der Waals surface area contributed by atoms with Crippen LogP contribution in [0.4, 0.5) is 16.2 Å². The summed E-state index contributed by atoms with van der Waals surface area (Å²) >= 11 is 0. The molecule has 0 aromatic heterocycles. The van der Waals surface area contributed by atoms with Crippen LogP contribution in [0.3, 0.4) is 0 Å². The number of rotatable bonds is 9. The summed E-state index contributed by atoms with van der Waals surface area (Å²) in [7, 11) is 0. The quantitative estimate of drug-likeness (QED) is 0.349. The Morgan fingerprint density at radius 1 is 1.05 bits per heavy atom. The van der Waals surface area contributed by atoms with Crippen LogP contribution in [-0.4, -0.2) is 58.4 Å². The van der Waals surface area contributed by atoms with Crippen molar-refractivity contribution in [2.24, 2.45) is 5.92 Å². The summed E-state index contributed by atoms with van der Waals surface area (Å²) in [4.78, 5) is 63.7. The van der Waals surface area contributed by atoms with Crippen molar-refractivity contribution in [3.63, 3.8) is 0 Å². The lowest BCUT2D eigenvalue weighted by atomic mass is 10.0. The number of urea groups is 1. The minimum atomic E-state index is -1.07. The van der Waals surface area contributed by atoms with Gasteiger partial charge in [-0.05, 0) is 36.6 Å². The number of carboxylic acids is 1. The van der Waals surface area contributed by atoms with Gasteiger partial charge in [-0.1, -0.05) is 44.2 Å². The maximum atomic E-state index is 13.6. The van der Waals surface area contributed by atoms with E-state index >= 15 is 0 Å². The van der Waals surface area contributed by atoms with Crippen molar-refractivity contribution in [1.29, 1.82) is 0 Å². The van der Waals surface area contributed by atoms with Crippen molar-refractivity contribution in [2.45, 2.75) is 45.8 Å². The Bertz CT molecular complexity index is 1180. The monoisotopic (exact) mass is 509 g/mol. The first-order valence-electron chi connectivity index (χ1n) is 11.9. The van der Waals surface area contributed by atoms with Crippen LogP contribution >= 0.6 is 0 Å². The van der Waals surface area contributed by atoms with Gasteiger partial charge in [0.1, 0.15) is 12.6 Å². The molecule has 0 aliphatic carbocycles. The molecule has 3 rings (SSSR count). The highest BCUT2D eigenvalue weighted by molar-refractivity contribution is 6.11. The number of nitrogens with one attached hydrogen (secondary N) is 4. The standard InChI is InChI=1S/C26H31N5O6/c1-15(2)23-24(35)30-20-10-9-18(29-26(37)27-13-17-7-5-4-6-8-17)12-19(20)25(36)31(23)14-21(32)28-16(3)11-22(33)34/h4-10,12,15-16,23H,11,13-14H2,1-3H3,(H,28,32)(H,30,35)(H,33,34)(H2,27,29,37). The fourth-order valence-corrected chi connectivity index (χ4v) is 4.11. The van der Waals surface area contributed by atoms with Crippen LogP contribution in [0.2, 0.25) is 0 Å². The third-order valence-corrected chi connectivity index (χ3v) is 5.76. The molecule has 1 aliphatic rings. The normalized spacial score (nSPS) is 15.8. The van der Waals surface area contributed by atoms with Gasteiger partial charge in [-0.25, -0.2) is 4.79 Å². The van der Waals surface area contributed by atoms with Crippen molar-refractivity contribution in [1.82, 2.24) is 15.5 Å². The van der Waals surface area contributed by atoms with Crippen LogP contribution in [-0.2, 0) is 20.9 Å². The minimum absolute atomic E-state index is 0.115. The zero-order valence-electron chi connectivity index (χ0n) is 20.9. The van der Waals surface area contributed by atoms with E-state index in [0.717, 1.165) is 5.56 Å². The first-order chi connectivity index (χ1) is 17.5. The number of hydrogen-bond acceptors (Lipinski definition) is 5. The molecule has 2 atom stereocenters. The second-order valence-electron chi connectivity index (χ2n) is 9.23. The molecule has 2 aromatic carbocycles. The van der Waals surface area contributed by atoms with Crippen molar-refractivity contribution in [3.05, 3.63) is 59.7 Å². The molecule has 2 unspecified atom stereocenters. The van der Waals surface area contributed by atoms with Gasteiger partial charge in [-0.3, -0.25) is 19.2 Å². The van der Waals surface area contributed by atoms with E-state index in [1.807, 2.05) is 30.3 Å². The molecular weight excluding hydrogens is 478 g/mol. The van der Waals surface area contributed by atoms with Crippen molar-refractivity contribution in [2.75, 3.05) is 17.2 Å². The number of carbonyl (C=O) groups is 5. The van der Waals surface area contributed by atoms with Crippen LogP contribution < -0.4 is 21.3 Å². The second kappa shape index (κ2) is 12.0. The highest BCUT2D eigenvalue weighted by Crippen LogP contribution is 2.28. The van der Waals surface area contributed by atoms with E-state index in [9.17, 15) is 24.0 Å². The van der Waals surface area contributed by atoms with Gasteiger partial charge in [0, 0.05) is 18.3 Å². The van der Waals surface area contributed by atoms with Crippen LogP contribution in [0.5, 0.6) is 0 Å². The van der Waals surface area contributed by atoms with E-state index in [-0.39, 0.29) is 23.6 Å². The Morgan fingerprint density at radius 2 is 1.76 bits per heavy atom. The predicted octanol–water partition coefficient (Wildman–Crippen LogP) is 2.41. The summed E-state index contributed by atoms with van der Waals surface area (Å²) in [6.07, 6.45) is -0.280. The molecule has 196 valence electrons. The fraction of sp³-hybridized carbons (Fsp3) is 0.346. The van der Waals surface area contributed by atoms with Gasteiger partial charge in [-0.2, -0.15) is 0 Å². The minimum Gasteiger partial charge on any atom is -0.481 e. The fourth-order valence-electron chi connectivity index (χ4n) is 4.11. The number of carboxylic acid groups (broad SMARTS) is 1. The lowest BCUT2D eigenvalue weighted by Crippen LogP contribution is -2.52. The summed E-state index contributed by atoms with van der Waals surface area (Å²) in [5.74, 6) is -2.99. The van der Waals surface area contributed by atoms with E-state index < -0.39 is 48.4 Å². The molecule has 5 N–H and O–H groups in total. The number of fused-ring (bicyclic) bond motifs is 1. The highest BCUT2D eigenvalue weighted by Gasteiger charge is 2.38. The highest BCUT2D eigenvalue weighted by atomic mass is 16.4. The van der Waals surface area contributed by atoms with E-state index in [4.69, 9.17) is 5.11 Å². The number of amides is 5. The molecule has 0 saturated heterocycles. The molecule has 1 heterocycles. The van der Waals surface area contributed by atoms with Gasteiger partial charge in [0.2, 0.25) is 11.8 Å². The third-order valence-electron chi connectivity index (χ3n) is 5.76. The van der Waals surface area contributed by atoms with Gasteiger partial charge >= 0.3 is 12.0 Å². The topological polar surface area (TPSA) is 157 Å². The van der Waals surface area contributed by atoms with Gasteiger partial charge in [0.15, 0.2) is 0 Å². The first-order valence-corrected chi connectivity index (χ1v) is 11.9. The third kappa shape index (κ3) is 7.29. The van der Waals surface area contributed by atoms with Gasteiger partial charge in [0.05, 0.1) is 17.7 Å². The van der Waals surface area contributed by atoms with Crippen LogP contribution in [0.25, 0.3) is 0 Å². The number of nitrogens with zero attached hydrogens (tertiary/aromatic N) is 1. The van der Waals surface area contributed by atoms with Crippen molar-refractivity contribution in [3.8, 4) is 0 Å². The Morgan fingerprint density at radius 3 is 2.41 bits per heavy atom. The molecule has 0 bridgehead atoms. The second-order valence-corrected chi connectivity index (χ2v) is 9.23. The first kappa shape index (κ1) is 27.2. The average Bonchev–Trinajstić information content (AvgIpc) is 2.92. The van der Waals surface area contributed by atoms with E-state index in [2.05, 4.69) is 21.3 Å². The number of benzene rings is 2. The summed E-state index contributed by atoms with van der Waals surface area (Å²) in [6, 6.07) is 11.8. The summed E-state index contributed by atoms with van der Waals surface area (Å²) in [6.45, 7) is 4.93. The van der Waals surface area contributed by atoms with E-state index in [0.29, 0.717) is 12.2 Å². The Kier molecular flexibility index (Phi) is 8.83. The zero-order chi connectivity index (χ0) is 27.1. The SMILES string of the molecule is CC(CC(=O)O)NC(=O)CN1C(=O)c2cc(NC(=O)NCc3ccccc3)ccc2NC(=O)C1C(C)C. The molecule has 2 aromatic rings. The van der Waals surface area contributed by atoms with Gasteiger partial charge in [-0.15, -0.1) is 0 Å². The zero-order valence-corrected chi connectivity index (χ0v) is 20.9.